The van der Waals surface area contributed by atoms with Crippen molar-refractivity contribution in [2.75, 3.05) is 5.32 Å². The number of hydrogen-bond donors (Lipinski definition) is 2. The van der Waals surface area contributed by atoms with Gasteiger partial charge in [-0.05, 0) is 29.0 Å². The summed E-state index contributed by atoms with van der Waals surface area (Å²) in [5, 5.41) is 7.96. The minimum Gasteiger partial charge on any atom is -0.422 e. The van der Waals surface area contributed by atoms with Crippen LogP contribution in [0.25, 0.3) is 43.8 Å². The fourth-order valence-electron chi connectivity index (χ4n) is 5.15. The largest absolute Gasteiger partial charge is 0.422 e. The summed E-state index contributed by atoms with van der Waals surface area (Å²) in [5.74, 6) is 0. The lowest BCUT2D eigenvalue weighted by molar-refractivity contribution is 0.548. The molecule has 4 aromatic carbocycles. The number of anilines is 1. The van der Waals surface area contributed by atoms with Gasteiger partial charge in [0.15, 0.2) is 0 Å². The van der Waals surface area contributed by atoms with Crippen LogP contribution in [0.3, 0.4) is 0 Å². The average Bonchev–Trinajstić information content (AvgIpc) is 3.27. The van der Waals surface area contributed by atoms with Gasteiger partial charge in [0.25, 0.3) is 0 Å². The number of rotatable bonds is 1. The van der Waals surface area contributed by atoms with Gasteiger partial charge in [-0.3, -0.25) is 0 Å². The zero-order valence-corrected chi connectivity index (χ0v) is 17.1. The van der Waals surface area contributed by atoms with Crippen LogP contribution in [-0.4, -0.2) is 4.98 Å². The van der Waals surface area contributed by atoms with Gasteiger partial charge in [-0.25, -0.2) is 4.79 Å². The molecular formula is C28H18N2O2. The summed E-state index contributed by atoms with van der Waals surface area (Å²) in [7, 11) is 0. The van der Waals surface area contributed by atoms with Crippen LogP contribution < -0.4 is 10.9 Å². The monoisotopic (exact) mass is 414 g/mol. The Morgan fingerprint density at radius 1 is 0.719 bits per heavy atom. The van der Waals surface area contributed by atoms with Crippen molar-refractivity contribution in [3.05, 3.63) is 113 Å². The molecule has 1 aliphatic heterocycles. The fourth-order valence-corrected chi connectivity index (χ4v) is 5.15. The third-order valence-electron chi connectivity index (χ3n) is 6.55. The summed E-state index contributed by atoms with van der Waals surface area (Å²) >= 11 is 0. The predicted octanol–water partition coefficient (Wildman–Crippen LogP) is 6.61. The molecule has 1 aliphatic rings. The van der Waals surface area contributed by atoms with Crippen molar-refractivity contribution in [2.45, 2.75) is 6.04 Å². The van der Waals surface area contributed by atoms with Crippen LogP contribution >= 0.6 is 0 Å². The van der Waals surface area contributed by atoms with E-state index >= 15 is 0 Å². The molecule has 0 saturated heterocycles. The first kappa shape index (κ1) is 17.4. The highest BCUT2D eigenvalue weighted by Gasteiger charge is 2.33. The van der Waals surface area contributed by atoms with Crippen LogP contribution in [0.1, 0.15) is 17.2 Å². The van der Waals surface area contributed by atoms with E-state index in [1.165, 1.54) is 0 Å². The normalized spacial score (nSPS) is 14.9. The highest BCUT2D eigenvalue weighted by molar-refractivity contribution is 6.11. The topological polar surface area (TPSA) is 58.0 Å². The molecule has 32 heavy (non-hydrogen) atoms. The van der Waals surface area contributed by atoms with E-state index in [0.29, 0.717) is 11.1 Å². The van der Waals surface area contributed by atoms with E-state index in [1.54, 1.807) is 0 Å². The molecule has 2 N–H and O–H groups in total. The minimum atomic E-state index is -0.323. The number of H-pyrrole nitrogens is 1. The molecule has 2 aromatic heterocycles. The zero-order valence-electron chi connectivity index (χ0n) is 17.1. The van der Waals surface area contributed by atoms with E-state index < -0.39 is 0 Å². The van der Waals surface area contributed by atoms with Crippen LogP contribution in [0.5, 0.6) is 0 Å². The lowest BCUT2D eigenvalue weighted by Gasteiger charge is -2.30. The van der Waals surface area contributed by atoms with Crippen molar-refractivity contribution >= 4 is 38.3 Å². The van der Waals surface area contributed by atoms with Gasteiger partial charge in [-0.1, -0.05) is 66.7 Å². The molecule has 0 spiro atoms. The lowest BCUT2D eigenvalue weighted by atomic mass is 9.83. The van der Waals surface area contributed by atoms with Gasteiger partial charge in [0, 0.05) is 44.9 Å². The van der Waals surface area contributed by atoms with E-state index in [4.69, 9.17) is 4.42 Å². The first-order chi connectivity index (χ1) is 15.8. The second kappa shape index (κ2) is 6.34. The Morgan fingerprint density at radius 2 is 1.47 bits per heavy atom. The molecule has 0 radical (unpaired) electrons. The number of hydrogen-bond acceptors (Lipinski definition) is 3. The number of benzene rings is 4. The molecule has 1 atom stereocenters. The van der Waals surface area contributed by atoms with Gasteiger partial charge >= 0.3 is 5.63 Å². The molecule has 0 unspecified atom stereocenters. The molecule has 7 rings (SSSR count). The molecule has 6 aromatic rings. The van der Waals surface area contributed by atoms with Gasteiger partial charge < -0.3 is 14.7 Å². The highest BCUT2D eigenvalue weighted by atomic mass is 16.4. The highest BCUT2D eigenvalue weighted by Crippen LogP contribution is 2.48. The molecule has 0 aliphatic carbocycles. The van der Waals surface area contributed by atoms with Crippen molar-refractivity contribution in [1.82, 2.24) is 4.98 Å². The first-order valence-corrected chi connectivity index (χ1v) is 10.7. The Labute approximate surface area is 183 Å². The molecule has 0 saturated carbocycles. The molecule has 0 bridgehead atoms. The van der Waals surface area contributed by atoms with E-state index in [2.05, 4.69) is 40.6 Å². The summed E-state index contributed by atoms with van der Waals surface area (Å²) in [4.78, 5) is 16.8. The van der Waals surface area contributed by atoms with Crippen LogP contribution in [0.2, 0.25) is 0 Å². The Hall–Kier alpha value is -4.31. The van der Waals surface area contributed by atoms with E-state index in [9.17, 15) is 4.79 Å². The third-order valence-corrected chi connectivity index (χ3v) is 6.55. The summed E-state index contributed by atoms with van der Waals surface area (Å²) < 4.78 is 5.82. The van der Waals surface area contributed by atoms with Crippen LogP contribution in [0.15, 0.2) is 100 Å². The van der Waals surface area contributed by atoms with Gasteiger partial charge in [-0.15, -0.1) is 0 Å². The lowest BCUT2D eigenvalue weighted by Crippen LogP contribution is -2.25. The predicted molar refractivity (Wildman–Crippen MR) is 129 cm³/mol. The van der Waals surface area contributed by atoms with E-state index in [-0.39, 0.29) is 11.7 Å². The summed E-state index contributed by atoms with van der Waals surface area (Å²) in [6.07, 6.45) is 1.99. The van der Waals surface area contributed by atoms with E-state index in [0.717, 1.165) is 49.4 Å². The Kier molecular flexibility index (Phi) is 3.45. The van der Waals surface area contributed by atoms with Crippen molar-refractivity contribution < 1.29 is 4.42 Å². The molecule has 0 amide bonds. The second-order valence-corrected chi connectivity index (χ2v) is 8.25. The maximum absolute atomic E-state index is 13.4. The number of aromatic nitrogens is 1. The minimum absolute atomic E-state index is 0.305. The Balaban J connectivity index is 1.65. The first-order valence-electron chi connectivity index (χ1n) is 10.7. The summed E-state index contributed by atoms with van der Waals surface area (Å²) in [6.45, 7) is 0. The maximum atomic E-state index is 13.4. The van der Waals surface area contributed by atoms with Crippen LogP contribution in [-0.2, 0) is 0 Å². The summed E-state index contributed by atoms with van der Waals surface area (Å²) in [6, 6.07) is 28.2. The van der Waals surface area contributed by atoms with Crippen LogP contribution in [0, 0.1) is 0 Å². The maximum Gasteiger partial charge on any atom is 0.342 e. The molecular weight excluding hydrogens is 396 g/mol. The second-order valence-electron chi connectivity index (χ2n) is 8.25. The average molecular weight is 414 g/mol. The quantitative estimate of drug-likeness (QED) is 0.298. The summed E-state index contributed by atoms with van der Waals surface area (Å²) in [5.41, 5.74) is 6.05. The van der Waals surface area contributed by atoms with E-state index in [1.807, 2.05) is 60.8 Å². The van der Waals surface area contributed by atoms with Crippen LogP contribution in [0.4, 0.5) is 5.69 Å². The molecule has 3 heterocycles. The van der Waals surface area contributed by atoms with Gasteiger partial charge in [-0.2, -0.15) is 0 Å². The Bertz CT molecular complexity index is 1740. The third kappa shape index (κ3) is 2.29. The smallest absolute Gasteiger partial charge is 0.342 e. The number of nitrogens with one attached hydrogen (secondary N) is 2. The molecule has 0 fully saturated rings. The number of aromatic amines is 1. The standard InChI is InChI=1S/C28H18N2O2/c31-28-26-25(19-10-4-6-12-23(19)32-28)24-17-8-2-1-7-16(17)13-14-22(24)30-27(26)20-15-29-21-11-5-3-9-18(20)21/h1-15,27,29-30H/t27-/m1/s1. The van der Waals surface area contributed by atoms with Crippen molar-refractivity contribution in [3.63, 3.8) is 0 Å². The van der Waals surface area contributed by atoms with Crippen molar-refractivity contribution in [1.29, 1.82) is 0 Å². The Morgan fingerprint density at radius 3 is 2.38 bits per heavy atom. The van der Waals surface area contributed by atoms with Gasteiger partial charge in [0.1, 0.15) is 5.58 Å². The molecule has 4 nitrogen and oxygen atoms in total. The molecule has 152 valence electrons. The van der Waals surface area contributed by atoms with Crippen molar-refractivity contribution in [3.8, 4) is 11.1 Å². The number of para-hydroxylation sites is 2. The van der Waals surface area contributed by atoms with Crippen molar-refractivity contribution in [2.24, 2.45) is 0 Å². The van der Waals surface area contributed by atoms with Gasteiger partial charge in [0.05, 0.1) is 11.6 Å². The SMILES string of the molecule is O=c1oc2ccccc2c2c1[C@@H](c1c[nH]c3ccccc13)Nc1ccc3ccccc3c1-2. The fraction of sp³-hybridized carbons (Fsp3) is 0.0357. The van der Waals surface area contributed by atoms with Gasteiger partial charge in [0.2, 0.25) is 0 Å². The zero-order chi connectivity index (χ0) is 21.2. The number of fused-ring (bicyclic) bond motifs is 8. The molecule has 4 heteroatoms.